The molecule has 1 saturated heterocycles. The van der Waals surface area contributed by atoms with E-state index in [1.54, 1.807) is 0 Å². The second-order valence-electron chi connectivity index (χ2n) is 3.14. The Kier molecular flexibility index (Phi) is 1.57. The summed E-state index contributed by atoms with van der Waals surface area (Å²) in [5.74, 6) is 0.406. The standard InChI is InChI=1S/C7H8N6O/c1-5(2-8-1)13-3-6(11-12-13)7-9-4-10-14-7/h3-5,8H,1-2H2. The zero-order chi connectivity index (χ0) is 9.38. The maximum Gasteiger partial charge on any atom is 0.279 e. The molecule has 0 saturated carbocycles. The van der Waals surface area contributed by atoms with Crippen LogP contribution in [0, 0.1) is 0 Å². The van der Waals surface area contributed by atoms with Gasteiger partial charge in [0.05, 0.1) is 12.2 Å². The second-order valence-corrected chi connectivity index (χ2v) is 3.14. The van der Waals surface area contributed by atoms with Crippen LogP contribution in [0.4, 0.5) is 0 Å². The molecule has 3 rings (SSSR count). The minimum absolute atomic E-state index is 0.402. The van der Waals surface area contributed by atoms with E-state index in [2.05, 4.69) is 25.8 Å². The smallest absolute Gasteiger partial charge is 0.279 e. The molecule has 0 radical (unpaired) electrons. The van der Waals surface area contributed by atoms with E-state index in [0.29, 0.717) is 17.6 Å². The molecule has 0 spiro atoms. The van der Waals surface area contributed by atoms with E-state index in [-0.39, 0.29) is 0 Å². The highest BCUT2D eigenvalue weighted by Gasteiger charge is 2.21. The molecule has 72 valence electrons. The van der Waals surface area contributed by atoms with Gasteiger partial charge in [-0.2, -0.15) is 4.98 Å². The van der Waals surface area contributed by atoms with Gasteiger partial charge in [0.15, 0.2) is 12.0 Å². The molecule has 0 aromatic carbocycles. The van der Waals surface area contributed by atoms with Gasteiger partial charge in [0.1, 0.15) is 0 Å². The topological polar surface area (TPSA) is 81.7 Å². The van der Waals surface area contributed by atoms with Crippen LogP contribution in [-0.2, 0) is 0 Å². The summed E-state index contributed by atoms with van der Waals surface area (Å²) in [4.78, 5) is 3.89. The molecule has 1 aliphatic rings. The Balaban J connectivity index is 1.90. The first kappa shape index (κ1) is 7.63. The van der Waals surface area contributed by atoms with Crippen molar-refractivity contribution in [1.82, 2.24) is 30.5 Å². The van der Waals surface area contributed by atoms with E-state index >= 15 is 0 Å². The predicted molar refractivity (Wildman–Crippen MR) is 45.2 cm³/mol. The summed E-state index contributed by atoms with van der Waals surface area (Å²) in [5, 5.41) is 14.6. The van der Waals surface area contributed by atoms with Crippen molar-refractivity contribution in [3.63, 3.8) is 0 Å². The van der Waals surface area contributed by atoms with Crippen LogP contribution in [0.1, 0.15) is 6.04 Å². The van der Waals surface area contributed by atoms with Crippen molar-refractivity contribution in [3.05, 3.63) is 12.5 Å². The van der Waals surface area contributed by atoms with Crippen LogP contribution < -0.4 is 5.32 Å². The van der Waals surface area contributed by atoms with Crippen LogP contribution in [0.2, 0.25) is 0 Å². The highest BCUT2D eigenvalue weighted by atomic mass is 16.5. The summed E-state index contributed by atoms with van der Waals surface area (Å²) in [6, 6.07) is 0.402. The fourth-order valence-electron chi connectivity index (χ4n) is 1.30. The fourth-order valence-corrected chi connectivity index (χ4v) is 1.30. The average Bonchev–Trinajstić information content (AvgIpc) is 2.65. The van der Waals surface area contributed by atoms with Crippen molar-refractivity contribution >= 4 is 0 Å². The zero-order valence-electron chi connectivity index (χ0n) is 7.29. The quantitative estimate of drug-likeness (QED) is 0.689. The SMILES string of the molecule is c1noc(-c2cn(C3CNC3)nn2)n1. The van der Waals surface area contributed by atoms with Gasteiger partial charge in [-0.15, -0.1) is 5.10 Å². The third-order valence-electron chi connectivity index (χ3n) is 2.22. The van der Waals surface area contributed by atoms with Crippen LogP contribution in [0.25, 0.3) is 11.6 Å². The van der Waals surface area contributed by atoms with E-state index < -0.39 is 0 Å². The van der Waals surface area contributed by atoms with Crippen LogP contribution in [-0.4, -0.2) is 38.2 Å². The van der Waals surface area contributed by atoms with Crippen LogP contribution in [0.5, 0.6) is 0 Å². The third-order valence-corrected chi connectivity index (χ3v) is 2.22. The summed E-state index contributed by atoms with van der Waals surface area (Å²) in [5.41, 5.74) is 0.620. The van der Waals surface area contributed by atoms with Crippen molar-refractivity contribution in [2.24, 2.45) is 0 Å². The van der Waals surface area contributed by atoms with E-state index in [1.165, 1.54) is 6.33 Å². The first-order valence-corrected chi connectivity index (χ1v) is 4.33. The van der Waals surface area contributed by atoms with Gasteiger partial charge < -0.3 is 9.84 Å². The highest BCUT2D eigenvalue weighted by molar-refractivity contribution is 5.42. The number of hydrogen-bond acceptors (Lipinski definition) is 6. The molecule has 1 N–H and O–H groups in total. The molecular formula is C7H8N6O. The average molecular weight is 192 g/mol. The van der Waals surface area contributed by atoms with Gasteiger partial charge in [-0.3, -0.25) is 0 Å². The molecule has 2 aromatic heterocycles. The lowest BCUT2D eigenvalue weighted by atomic mass is 10.2. The molecule has 14 heavy (non-hydrogen) atoms. The highest BCUT2D eigenvalue weighted by Crippen LogP contribution is 2.15. The van der Waals surface area contributed by atoms with Gasteiger partial charge in [-0.25, -0.2) is 4.68 Å². The molecular weight excluding hydrogens is 184 g/mol. The second kappa shape index (κ2) is 2.88. The van der Waals surface area contributed by atoms with Gasteiger partial charge in [0, 0.05) is 13.1 Å². The maximum absolute atomic E-state index is 4.87. The van der Waals surface area contributed by atoms with Crippen molar-refractivity contribution in [2.45, 2.75) is 6.04 Å². The number of nitrogens with zero attached hydrogens (tertiary/aromatic N) is 5. The normalized spacial score (nSPS) is 16.9. The summed E-state index contributed by atoms with van der Waals surface area (Å²) in [7, 11) is 0. The summed E-state index contributed by atoms with van der Waals surface area (Å²) < 4.78 is 6.69. The maximum atomic E-state index is 4.87. The number of rotatable bonds is 2. The molecule has 0 atom stereocenters. The molecule has 3 heterocycles. The molecule has 2 aromatic rings. The lowest BCUT2D eigenvalue weighted by Gasteiger charge is -2.26. The van der Waals surface area contributed by atoms with Gasteiger partial charge in [-0.05, 0) is 0 Å². The first-order chi connectivity index (χ1) is 6.93. The number of nitrogens with one attached hydrogen (secondary N) is 1. The van der Waals surface area contributed by atoms with Gasteiger partial charge in [0.2, 0.25) is 0 Å². The van der Waals surface area contributed by atoms with Gasteiger partial charge >= 0.3 is 0 Å². The lowest BCUT2D eigenvalue weighted by molar-refractivity contribution is 0.313. The van der Waals surface area contributed by atoms with E-state index in [4.69, 9.17) is 4.52 Å². The Bertz CT molecular complexity index is 417. The molecule has 1 fully saturated rings. The first-order valence-electron chi connectivity index (χ1n) is 4.33. The largest absolute Gasteiger partial charge is 0.332 e. The van der Waals surface area contributed by atoms with E-state index in [0.717, 1.165) is 13.1 Å². The number of aromatic nitrogens is 5. The Morgan fingerprint density at radius 1 is 1.50 bits per heavy atom. The fraction of sp³-hybridized carbons (Fsp3) is 0.429. The van der Waals surface area contributed by atoms with Crippen LogP contribution >= 0.6 is 0 Å². The van der Waals surface area contributed by atoms with Crippen molar-refractivity contribution in [1.29, 1.82) is 0 Å². The van der Waals surface area contributed by atoms with E-state index in [9.17, 15) is 0 Å². The molecule has 7 heteroatoms. The summed E-state index contributed by atoms with van der Waals surface area (Å²) in [6.07, 6.45) is 3.16. The Morgan fingerprint density at radius 3 is 3.07 bits per heavy atom. The van der Waals surface area contributed by atoms with Gasteiger partial charge in [-0.1, -0.05) is 10.4 Å². The van der Waals surface area contributed by atoms with Gasteiger partial charge in [0.25, 0.3) is 5.89 Å². The van der Waals surface area contributed by atoms with E-state index in [1.807, 2.05) is 10.9 Å². The molecule has 0 unspecified atom stereocenters. The summed E-state index contributed by atoms with van der Waals surface area (Å²) in [6.45, 7) is 1.87. The van der Waals surface area contributed by atoms with Crippen LogP contribution in [0.15, 0.2) is 17.0 Å². The number of hydrogen-bond donors (Lipinski definition) is 1. The monoisotopic (exact) mass is 192 g/mol. The molecule has 0 bridgehead atoms. The Morgan fingerprint density at radius 2 is 2.43 bits per heavy atom. The molecule has 0 amide bonds. The summed E-state index contributed by atoms with van der Waals surface area (Å²) >= 11 is 0. The Hall–Kier alpha value is -1.76. The zero-order valence-corrected chi connectivity index (χ0v) is 7.29. The minimum atomic E-state index is 0.402. The lowest BCUT2D eigenvalue weighted by Crippen LogP contribution is -2.43. The van der Waals surface area contributed by atoms with Crippen LogP contribution in [0.3, 0.4) is 0 Å². The van der Waals surface area contributed by atoms with Crippen molar-refractivity contribution < 1.29 is 4.52 Å². The predicted octanol–water partition coefficient (Wildman–Crippen LogP) is -0.528. The minimum Gasteiger partial charge on any atom is -0.332 e. The van der Waals surface area contributed by atoms with Crippen molar-refractivity contribution in [3.8, 4) is 11.6 Å². The molecule has 1 aliphatic heterocycles. The Labute approximate surface area is 79.1 Å². The van der Waals surface area contributed by atoms with Crippen molar-refractivity contribution in [2.75, 3.05) is 13.1 Å². The third kappa shape index (κ3) is 1.10. The molecule has 0 aliphatic carbocycles. The molecule has 7 nitrogen and oxygen atoms in total.